The molecule has 3 aromatic rings. The molecule has 1 amide bonds. The van der Waals surface area contributed by atoms with Gasteiger partial charge >= 0.3 is 5.97 Å². The standard InChI is InChI=1S/C27H30N2O5S/c1-4-5-17-34-27(31)22-12-14-23(15-13-22)28-26(30)19-29(24-16-11-20(2)21(3)18-24)35(32,33)25-9-7-6-8-10-25/h6-16,18H,4-5,17,19H2,1-3H3,(H,28,30). The van der Waals surface area contributed by atoms with Gasteiger partial charge in [0.2, 0.25) is 5.91 Å². The zero-order valence-electron chi connectivity index (χ0n) is 20.2. The van der Waals surface area contributed by atoms with E-state index >= 15 is 0 Å². The van der Waals surface area contributed by atoms with Crippen molar-refractivity contribution in [1.82, 2.24) is 0 Å². The number of benzene rings is 3. The number of hydrogen-bond donors (Lipinski definition) is 1. The van der Waals surface area contributed by atoms with Crippen molar-refractivity contribution in [3.63, 3.8) is 0 Å². The van der Waals surface area contributed by atoms with Crippen LogP contribution >= 0.6 is 0 Å². The number of aryl methyl sites for hydroxylation is 2. The highest BCUT2D eigenvalue weighted by molar-refractivity contribution is 7.92. The molecule has 8 heteroatoms. The second-order valence-electron chi connectivity index (χ2n) is 8.21. The predicted octanol–water partition coefficient (Wildman–Crippen LogP) is 5.09. The van der Waals surface area contributed by atoms with Crippen LogP contribution < -0.4 is 9.62 Å². The van der Waals surface area contributed by atoms with Gasteiger partial charge in [0.15, 0.2) is 0 Å². The van der Waals surface area contributed by atoms with E-state index in [1.807, 2.05) is 26.8 Å². The summed E-state index contributed by atoms with van der Waals surface area (Å²) in [5, 5.41) is 2.71. The number of carbonyl (C=O) groups excluding carboxylic acids is 2. The molecule has 0 unspecified atom stereocenters. The average molecular weight is 495 g/mol. The lowest BCUT2D eigenvalue weighted by molar-refractivity contribution is -0.114. The van der Waals surface area contributed by atoms with E-state index in [2.05, 4.69) is 5.32 Å². The van der Waals surface area contributed by atoms with E-state index < -0.39 is 28.4 Å². The molecule has 0 fully saturated rings. The van der Waals surface area contributed by atoms with Gasteiger partial charge in [-0.3, -0.25) is 9.10 Å². The summed E-state index contributed by atoms with van der Waals surface area (Å²) in [6.07, 6.45) is 1.72. The number of ether oxygens (including phenoxy) is 1. The van der Waals surface area contributed by atoms with Gasteiger partial charge in [0.1, 0.15) is 6.54 Å². The number of hydrogen-bond acceptors (Lipinski definition) is 5. The van der Waals surface area contributed by atoms with E-state index in [1.54, 1.807) is 54.6 Å². The first-order chi connectivity index (χ1) is 16.7. The lowest BCUT2D eigenvalue weighted by Crippen LogP contribution is -2.38. The zero-order chi connectivity index (χ0) is 25.4. The van der Waals surface area contributed by atoms with Gasteiger partial charge in [-0.1, -0.05) is 37.6 Å². The summed E-state index contributed by atoms with van der Waals surface area (Å²) in [6.45, 7) is 5.78. The topological polar surface area (TPSA) is 92.8 Å². The molecule has 3 rings (SSSR count). The van der Waals surface area contributed by atoms with Crippen LogP contribution in [0, 0.1) is 13.8 Å². The molecule has 0 radical (unpaired) electrons. The van der Waals surface area contributed by atoms with Crippen molar-refractivity contribution >= 4 is 33.3 Å². The Hall–Kier alpha value is -3.65. The summed E-state index contributed by atoms with van der Waals surface area (Å²) in [4.78, 5) is 25.1. The molecule has 35 heavy (non-hydrogen) atoms. The fourth-order valence-electron chi connectivity index (χ4n) is 3.33. The average Bonchev–Trinajstić information content (AvgIpc) is 2.85. The fraction of sp³-hybridized carbons (Fsp3) is 0.259. The summed E-state index contributed by atoms with van der Waals surface area (Å²) >= 11 is 0. The molecule has 0 aliphatic carbocycles. The molecule has 7 nitrogen and oxygen atoms in total. The summed E-state index contributed by atoms with van der Waals surface area (Å²) in [6, 6.07) is 19.6. The number of nitrogens with zero attached hydrogens (tertiary/aromatic N) is 1. The molecule has 1 N–H and O–H groups in total. The minimum atomic E-state index is -3.99. The fourth-order valence-corrected chi connectivity index (χ4v) is 4.76. The molecule has 0 aliphatic heterocycles. The highest BCUT2D eigenvalue weighted by Gasteiger charge is 2.27. The van der Waals surface area contributed by atoms with Crippen LogP contribution in [-0.4, -0.2) is 33.4 Å². The second-order valence-corrected chi connectivity index (χ2v) is 10.1. The quantitative estimate of drug-likeness (QED) is 0.313. The number of nitrogens with one attached hydrogen (secondary N) is 1. The minimum absolute atomic E-state index is 0.0944. The Kier molecular flexibility index (Phi) is 8.65. The molecular formula is C27H30N2O5S. The summed E-state index contributed by atoms with van der Waals surface area (Å²) in [5.74, 6) is -0.938. The van der Waals surface area contributed by atoms with Crippen LogP contribution in [0.2, 0.25) is 0 Å². The molecule has 0 heterocycles. The van der Waals surface area contributed by atoms with Gasteiger partial charge in [-0.25, -0.2) is 13.2 Å². The van der Waals surface area contributed by atoms with Crippen molar-refractivity contribution in [3.8, 4) is 0 Å². The third-order valence-electron chi connectivity index (χ3n) is 5.53. The summed E-state index contributed by atoms with van der Waals surface area (Å²) in [7, 11) is -3.99. The first kappa shape index (κ1) is 26.0. The third-order valence-corrected chi connectivity index (χ3v) is 7.32. The first-order valence-electron chi connectivity index (χ1n) is 11.4. The van der Waals surface area contributed by atoms with Crippen molar-refractivity contribution in [1.29, 1.82) is 0 Å². The van der Waals surface area contributed by atoms with E-state index in [0.717, 1.165) is 28.3 Å². The summed E-state index contributed by atoms with van der Waals surface area (Å²) in [5.41, 5.74) is 3.15. The van der Waals surface area contributed by atoms with Crippen molar-refractivity contribution in [2.75, 3.05) is 22.8 Å². The van der Waals surface area contributed by atoms with E-state index in [-0.39, 0.29) is 4.90 Å². The molecule has 0 saturated heterocycles. The predicted molar refractivity (Wildman–Crippen MR) is 137 cm³/mol. The van der Waals surface area contributed by atoms with Crippen molar-refractivity contribution in [2.45, 2.75) is 38.5 Å². The molecule has 0 aliphatic rings. The molecular weight excluding hydrogens is 464 g/mol. The monoisotopic (exact) mass is 494 g/mol. The highest BCUT2D eigenvalue weighted by atomic mass is 32.2. The smallest absolute Gasteiger partial charge is 0.338 e. The molecule has 0 bridgehead atoms. The van der Waals surface area contributed by atoms with E-state index in [9.17, 15) is 18.0 Å². The van der Waals surface area contributed by atoms with Crippen molar-refractivity contribution in [3.05, 3.63) is 89.5 Å². The third kappa shape index (κ3) is 6.70. The number of carbonyl (C=O) groups is 2. The maximum Gasteiger partial charge on any atom is 0.338 e. The number of rotatable bonds is 10. The number of unbranched alkanes of at least 4 members (excludes halogenated alkanes) is 1. The van der Waals surface area contributed by atoms with E-state index in [0.29, 0.717) is 23.5 Å². The Balaban J connectivity index is 1.79. The van der Waals surface area contributed by atoms with Crippen LogP contribution in [0.15, 0.2) is 77.7 Å². The van der Waals surface area contributed by atoms with Crippen LogP contribution in [0.5, 0.6) is 0 Å². The maximum atomic E-state index is 13.4. The SMILES string of the molecule is CCCCOC(=O)c1ccc(NC(=O)CN(c2ccc(C)c(C)c2)S(=O)(=O)c2ccccc2)cc1. The lowest BCUT2D eigenvalue weighted by atomic mass is 10.1. The minimum Gasteiger partial charge on any atom is -0.462 e. The van der Waals surface area contributed by atoms with Gasteiger partial charge in [-0.15, -0.1) is 0 Å². The lowest BCUT2D eigenvalue weighted by Gasteiger charge is -2.25. The largest absolute Gasteiger partial charge is 0.462 e. The van der Waals surface area contributed by atoms with Gasteiger partial charge in [-0.2, -0.15) is 0 Å². The Morgan fingerprint density at radius 1 is 0.914 bits per heavy atom. The van der Waals surface area contributed by atoms with Gasteiger partial charge in [0.05, 0.1) is 22.8 Å². The van der Waals surface area contributed by atoms with Gasteiger partial charge < -0.3 is 10.1 Å². The maximum absolute atomic E-state index is 13.4. The molecule has 3 aromatic carbocycles. The van der Waals surface area contributed by atoms with E-state index in [1.165, 1.54) is 12.1 Å². The number of sulfonamides is 1. The normalized spacial score (nSPS) is 11.1. The number of esters is 1. The molecule has 0 saturated carbocycles. The van der Waals surface area contributed by atoms with Gasteiger partial charge in [0, 0.05) is 5.69 Å². The van der Waals surface area contributed by atoms with Gasteiger partial charge in [-0.05, 0) is 79.9 Å². The van der Waals surface area contributed by atoms with Crippen LogP contribution in [0.3, 0.4) is 0 Å². The molecule has 0 atom stereocenters. The van der Waals surface area contributed by atoms with Crippen molar-refractivity contribution in [2.24, 2.45) is 0 Å². The van der Waals surface area contributed by atoms with Gasteiger partial charge in [0.25, 0.3) is 10.0 Å². The highest BCUT2D eigenvalue weighted by Crippen LogP contribution is 2.26. The zero-order valence-corrected chi connectivity index (χ0v) is 21.0. The Morgan fingerprint density at radius 2 is 1.60 bits per heavy atom. The van der Waals surface area contributed by atoms with Crippen LogP contribution in [0.4, 0.5) is 11.4 Å². The van der Waals surface area contributed by atoms with Crippen LogP contribution in [0.1, 0.15) is 41.3 Å². The number of anilines is 2. The number of amides is 1. The molecule has 0 aromatic heterocycles. The Labute approximate surface area is 206 Å². The van der Waals surface area contributed by atoms with E-state index in [4.69, 9.17) is 4.74 Å². The molecule has 0 spiro atoms. The summed E-state index contributed by atoms with van der Waals surface area (Å²) < 4.78 is 33.2. The van der Waals surface area contributed by atoms with Crippen LogP contribution in [-0.2, 0) is 19.6 Å². The Morgan fingerprint density at radius 3 is 2.23 bits per heavy atom. The Bertz CT molecular complexity index is 1270. The second kappa shape index (κ2) is 11.7. The first-order valence-corrected chi connectivity index (χ1v) is 12.9. The van der Waals surface area contributed by atoms with Crippen LogP contribution in [0.25, 0.3) is 0 Å². The van der Waals surface area contributed by atoms with Crippen molar-refractivity contribution < 1.29 is 22.7 Å². The molecule has 184 valence electrons.